The second-order valence-electron chi connectivity index (χ2n) is 8.17. The largest absolute Gasteiger partial charge is 0.350 e. The van der Waals surface area contributed by atoms with Crippen LogP contribution < -0.4 is 10.6 Å². The van der Waals surface area contributed by atoms with Crippen LogP contribution in [-0.4, -0.2) is 31.7 Å². The van der Waals surface area contributed by atoms with E-state index in [9.17, 15) is 14.0 Å². The van der Waals surface area contributed by atoms with Gasteiger partial charge in [0.2, 0.25) is 5.95 Å². The highest BCUT2D eigenvalue weighted by Crippen LogP contribution is 2.30. The molecule has 3 N–H and O–H groups in total. The monoisotopic (exact) mass is 468 g/mol. The maximum Gasteiger partial charge on any atom is 0.225 e. The lowest BCUT2D eigenvalue weighted by atomic mass is 9.98. The highest BCUT2D eigenvalue weighted by atomic mass is 19.1. The first kappa shape index (κ1) is 22.1. The van der Waals surface area contributed by atoms with E-state index in [2.05, 4.69) is 30.8 Å². The maximum absolute atomic E-state index is 14.1. The standard InChI is InChI=1S/C26H21FN6O2/c1-14(34)19-10-21-24(11-20(19)15(2)35)31-26(28-12-16-5-3-4-6-22(16)27)32-25(21)30-18-7-8-23-17(9-18)13-29-33-23/h3-11,13H,12H2,1-2H3,(H,29,33)(H2,28,30,31,32). The number of carbonyl (C=O) groups is 2. The van der Waals surface area contributed by atoms with Gasteiger partial charge in [0.1, 0.15) is 11.6 Å². The summed E-state index contributed by atoms with van der Waals surface area (Å²) in [5.74, 6) is -0.122. The number of anilines is 3. The number of halogens is 1. The fourth-order valence-corrected chi connectivity index (χ4v) is 3.91. The van der Waals surface area contributed by atoms with Crippen LogP contribution in [-0.2, 0) is 6.54 Å². The Morgan fingerprint density at radius 2 is 1.74 bits per heavy atom. The number of hydrogen-bond acceptors (Lipinski definition) is 7. The van der Waals surface area contributed by atoms with Crippen LogP contribution in [0.5, 0.6) is 0 Å². The van der Waals surface area contributed by atoms with E-state index in [0.29, 0.717) is 27.8 Å². The van der Waals surface area contributed by atoms with Gasteiger partial charge in [-0.15, -0.1) is 0 Å². The molecule has 0 spiro atoms. The van der Waals surface area contributed by atoms with Gasteiger partial charge in [0.15, 0.2) is 11.6 Å². The molecule has 8 nitrogen and oxygen atoms in total. The lowest BCUT2D eigenvalue weighted by Crippen LogP contribution is -2.09. The predicted molar refractivity (Wildman–Crippen MR) is 133 cm³/mol. The van der Waals surface area contributed by atoms with Crippen molar-refractivity contribution < 1.29 is 14.0 Å². The first-order valence-corrected chi connectivity index (χ1v) is 10.9. The number of nitrogens with one attached hydrogen (secondary N) is 3. The molecule has 0 amide bonds. The summed E-state index contributed by atoms with van der Waals surface area (Å²) in [6.45, 7) is 2.99. The van der Waals surface area contributed by atoms with Crippen molar-refractivity contribution in [2.45, 2.75) is 20.4 Å². The second-order valence-corrected chi connectivity index (χ2v) is 8.17. The van der Waals surface area contributed by atoms with E-state index < -0.39 is 0 Å². The van der Waals surface area contributed by atoms with Crippen molar-refractivity contribution in [2.75, 3.05) is 10.6 Å². The van der Waals surface area contributed by atoms with Crippen molar-refractivity contribution >= 4 is 50.8 Å². The van der Waals surface area contributed by atoms with Crippen LogP contribution in [0.25, 0.3) is 21.8 Å². The van der Waals surface area contributed by atoms with Crippen LogP contribution in [0.1, 0.15) is 40.1 Å². The summed E-state index contributed by atoms with van der Waals surface area (Å²) in [5.41, 5.74) is 3.16. The zero-order chi connectivity index (χ0) is 24.5. The van der Waals surface area contributed by atoms with Crippen LogP contribution in [0.3, 0.4) is 0 Å². The van der Waals surface area contributed by atoms with Crippen LogP contribution in [0.2, 0.25) is 0 Å². The van der Waals surface area contributed by atoms with Crippen LogP contribution in [0.15, 0.2) is 60.8 Å². The molecule has 0 unspecified atom stereocenters. The first-order chi connectivity index (χ1) is 16.9. The van der Waals surface area contributed by atoms with Gasteiger partial charge in [0.25, 0.3) is 0 Å². The van der Waals surface area contributed by atoms with E-state index in [4.69, 9.17) is 0 Å². The molecule has 35 heavy (non-hydrogen) atoms. The van der Waals surface area contributed by atoms with Gasteiger partial charge < -0.3 is 10.6 Å². The number of H-pyrrole nitrogens is 1. The van der Waals surface area contributed by atoms with Crippen LogP contribution >= 0.6 is 0 Å². The molecule has 0 aliphatic heterocycles. The first-order valence-electron chi connectivity index (χ1n) is 10.9. The second kappa shape index (κ2) is 8.94. The number of aromatic amines is 1. The van der Waals surface area contributed by atoms with E-state index in [0.717, 1.165) is 16.6 Å². The Labute approximate surface area is 199 Å². The topological polar surface area (TPSA) is 113 Å². The molecule has 0 atom stereocenters. The molecule has 0 saturated heterocycles. The number of aromatic nitrogens is 4. The van der Waals surface area contributed by atoms with E-state index in [1.54, 1.807) is 36.5 Å². The lowest BCUT2D eigenvalue weighted by molar-refractivity contribution is 0.0981. The quantitative estimate of drug-likeness (QED) is 0.274. The van der Waals surface area contributed by atoms with Gasteiger partial charge in [-0.05, 0) is 50.2 Å². The van der Waals surface area contributed by atoms with Crippen LogP contribution in [0.4, 0.5) is 21.8 Å². The summed E-state index contributed by atoms with van der Waals surface area (Å²) in [7, 11) is 0. The molecule has 0 fully saturated rings. The average molecular weight is 468 g/mol. The van der Waals surface area contributed by atoms with Gasteiger partial charge in [-0.1, -0.05) is 18.2 Å². The summed E-state index contributed by atoms with van der Waals surface area (Å²) in [4.78, 5) is 33.7. The summed E-state index contributed by atoms with van der Waals surface area (Å²) >= 11 is 0. The molecule has 0 radical (unpaired) electrons. The SMILES string of the molecule is CC(=O)c1cc2nc(NCc3ccccc3F)nc(Nc3ccc4[nH]ncc4c3)c2cc1C(C)=O. The van der Waals surface area contributed by atoms with Crippen molar-refractivity contribution in [1.82, 2.24) is 20.2 Å². The lowest BCUT2D eigenvalue weighted by Gasteiger charge is -2.14. The fourth-order valence-electron chi connectivity index (χ4n) is 3.91. The predicted octanol–water partition coefficient (Wildman–Crippen LogP) is 5.41. The Balaban J connectivity index is 1.61. The fraction of sp³-hybridized carbons (Fsp3) is 0.115. The molecular weight excluding hydrogens is 447 g/mol. The summed E-state index contributed by atoms with van der Waals surface area (Å²) < 4.78 is 14.1. The summed E-state index contributed by atoms with van der Waals surface area (Å²) in [6, 6.07) is 15.3. The minimum absolute atomic E-state index is 0.170. The Morgan fingerprint density at radius 1 is 0.971 bits per heavy atom. The highest BCUT2D eigenvalue weighted by Gasteiger charge is 2.17. The van der Waals surface area contributed by atoms with Crippen molar-refractivity contribution in [3.05, 3.63) is 83.3 Å². The molecule has 9 heteroatoms. The summed E-state index contributed by atoms with van der Waals surface area (Å²) in [6.07, 6.45) is 1.72. The minimum Gasteiger partial charge on any atom is -0.350 e. The average Bonchev–Trinajstić information content (AvgIpc) is 3.30. The number of nitrogens with zero attached hydrogens (tertiary/aromatic N) is 3. The van der Waals surface area contributed by atoms with Gasteiger partial charge in [-0.2, -0.15) is 10.1 Å². The summed E-state index contributed by atoms with van der Waals surface area (Å²) in [5, 5.41) is 14.8. The number of benzene rings is 3. The number of fused-ring (bicyclic) bond motifs is 2. The third-order valence-corrected chi connectivity index (χ3v) is 5.69. The molecule has 3 aromatic carbocycles. The smallest absolute Gasteiger partial charge is 0.225 e. The molecule has 0 aliphatic carbocycles. The molecule has 0 saturated carbocycles. The molecule has 2 aromatic heterocycles. The Morgan fingerprint density at radius 3 is 2.51 bits per heavy atom. The number of carbonyl (C=O) groups excluding carboxylic acids is 2. The van der Waals surface area contributed by atoms with E-state index in [-0.39, 0.29) is 35.4 Å². The third kappa shape index (κ3) is 4.43. The number of ketones is 2. The van der Waals surface area contributed by atoms with Crippen molar-refractivity contribution in [3.8, 4) is 0 Å². The Kier molecular flexibility index (Phi) is 5.66. The molecule has 174 valence electrons. The maximum atomic E-state index is 14.1. The molecule has 5 aromatic rings. The van der Waals surface area contributed by atoms with Crippen molar-refractivity contribution in [3.63, 3.8) is 0 Å². The minimum atomic E-state index is -0.336. The molecular formula is C26H21FN6O2. The molecule has 5 rings (SSSR count). The van der Waals surface area contributed by atoms with Gasteiger partial charge in [0.05, 0.1) is 17.2 Å². The van der Waals surface area contributed by atoms with Gasteiger partial charge in [-0.25, -0.2) is 9.37 Å². The Bertz CT molecular complexity index is 1610. The van der Waals surface area contributed by atoms with E-state index >= 15 is 0 Å². The highest BCUT2D eigenvalue weighted by molar-refractivity contribution is 6.11. The number of hydrogen-bond donors (Lipinski definition) is 3. The Hall–Kier alpha value is -4.66. The van der Waals surface area contributed by atoms with Crippen molar-refractivity contribution in [2.24, 2.45) is 0 Å². The normalized spacial score (nSPS) is 11.1. The van der Waals surface area contributed by atoms with Gasteiger partial charge >= 0.3 is 0 Å². The van der Waals surface area contributed by atoms with E-state index in [1.165, 1.54) is 19.9 Å². The zero-order valence-electron chi connectivity index (χ0n) is 19.0. The van der Waals surface area contributed by atoms with Gasteiger partial charge in [-0.3, -0.25) is 14.7 Å². The third-order valence-electron chi connectivity index (χ3n) is 5.69. The molecule has 0 aliphatic rings. The van der Waals surface area contributed by atoms with Crippen molar-refractivity contribution in [1.29, 1.82) is 0 Å². The zero-order valence-corrected chi connectivity index (χ0v) is 19.0. The number of rotatable bonds is 7. The van der Waals surface area contributed by atoms with E-state index in [1.807, 2.05) is 18.2 Å². The number of Topliss-reactive ketones (excluding diaryl/α,β-unsaturated/α-hetero) is 2. The molecule has 0 bridgehead atoms. The molecule has 2 heterocycles. The van der Waals surface area contributed by atoms with Crippen LogP contribution in [0, 0.1) is 5.82 Å². The van der Waals surface area contributed by atoms with Gasteiger partial charge in [0, 0.05) is 39.7 Å².